The number of benzene rings is 1. The van der Waals surface area contributed by atoms with E-state index in [1.165, 1.54) is 48.9 Å². The number of nitrogens with one attached hydrogen (secondary N) is 1. The molecule has 0 spiro atoms. The van der Waals surface area contributed by atoms with Crippen LogP contribution in [0.1, 0.15) is 57.1 Å². The zero-order chi connectivity index (χ0) is 13.8. The summed E-state index contributed by atoms with van der Waals surface area (Å²) in [6.07, 6.45) is 6.90. The molecule has 0 bridgehead atoms. The molecule has 2 rings (SSSR count). The van der Waals surface area contributed by atoms with Crippen molar-refractivity contribution in [2.75, 3.05) is 5.32 Å². The molecule has 0 radical (unpaired) electrons. The highest BCUT2D eigenvalue weighted by molar-refractivity contribution is 5.49. The van der Waals surface area contributed by atoms with Crippen LogP contribution in [-0.4, -0.2) is 6.04 Å². The molecular weight excluding hydrogens is 230 g/mol. The molecule has 1 aromatic rings. The second-order valence-corrected chi connectivity index (χ2v) is 6.88. The highest BCUT2D eigenvalue weighted by Gasteiger charge is 2.22. The van der Waals surface area contributed by atoms with Crippen molar-refractivity contribution in [1.29, 1.82) is 0 Å². The van der Waals surface area contributed by atoms with Gasteiger partial charge in [-0.25, -0.2) is 0 Å². The molecule has 1 aromatic carbocycles. The molecule has 1 N–H and O–H groups in total. The minimum Gasteiger partial charge on any atom is -0.382 e. The van der Waals surface area contributed by atoms with E-state index in [1.807, 2.05) is 0 Å². The molecule has 0 amide bonds. The normalized spacial score (nSPS) is 23.6. The van der Waals surface area contributed by atoms with Gasteiger partial charge in [-0.05, 0) is 68.2 Å². The summed E-state index contributed by atoms with van der Waals surface area (Å²) >= 11 is 0. The van der Waals surface area contributed by atoms with E-state index < -0.39 is 0 Å². The molecule has 0 heterocycles. The third-order valence-corrected chi connectivity index (χ3v) is 4.18. The summed E-state index contributed by atoms with van der Waals surface area (Å²) in [4.78, 5) is 0. The number of rotatable bonds is 4. The summed E-state index contributed by atoms with van der Waals surface area (Å²) in [5.41, 5.74) is 4.03. The van der Waals surface area contributed by atoms with Crippen LogP contribution in [-0.2, 0) is 0 Å². The number of hydrogen-bond acceptors (Lipinski definition) is 1. The van der Waals surface area contributed by atoms with Gasteiger partial charge in [-0.15, -0.1) is 0 Å². The average molecular weight is 259 g/mol. The molecule has 1 nitrogen and oxygen atoms in total. The molecular formula is C18H29N. The summed E-state index contributed by atoms with van der Waals surface area (Å²) < 4.78 is 0. The van der Waals surface area contributed by atoms with E-state index in [1.54, 1.807) is 0 Å². The van der Waals surface area contributed by atoms with Crippen molar-refractivity contribution in [3.05, 3.63) is 29.3 Å². The summed E-state index contributed by atoms with van der Waals surface area (Å²) in [5, 5.41) is 3.77. The van der Waals surface area contributed by atoms with Crippen LogP contribution in [0.15, 0.2) is 18.2 Å². The summed E-state index contributed by atoms with van der Waals surface area (Å²) in [6.45, 7) is 9.06. The maximum atomic E-state index is 3.77. The monoisotopic (exact) mass is 259 g/mol. The SMILES string of the molecule is Cc1cc(C)cc(NC2CCCC(CC(C)C)C2)c1. The second kappa shape index (κ2) is 6.45. The maximum absolute atomic E-state index is 3.77. The Kier molecular flexibility index (Phi) is 4.90. The van der Waals surface area contributed by atoms with E-state index >= 15 is 0 Å². The molecule has 0 aliphatic heterocycles. The molecule has 19 heavy (non-hydrogen) atoms. The van der Waals surface area contributed by atoms with Crippen LogP contribution in [0, 0.1) is 25.7 Å². The molecule has 0 aromatic heterocycles. The van der Waals surface area contributed by atoms with Gasteiger partial charge in [0.05, 0.1) is 0 Å². The van der Waals surface area contributed by atoms with Gasteiger partial charge in [0.1, 0.15) is 0 Å². The predicted molar refractivity (Wildman–Crippen MR) is 84.7 cm³/mol. The number of hydrogen-bond donors (Lipinski definition) is 1. The predicted octanol–water partition coefficient (Wildman–Crippen LogP) is 5.32. The Balaban J connectivity index is 1.94. The summed E-state index contributed by atoms with van der Waals surface area (Å²) in [7, 11) is 0. The van der Waals surface area contributed by atoms with Gasteiger partial charge in [-0.1, -0.05) is 32.8 Å². The third-order valence-electron chi connectivity index (χ3n) is 4.18. The van der Waals surface area contributed by atoms with Crippen LogP contribution in [0.25, 0.3) is 0 Å². The van der Waals surface area contributed by atoms with Gasteiger partial charge in [0.15, 0.2) is 0 Å². The van der Waals surface area contributed by atoms with Crippen LogP contribution in [0.5, 0.6) is 0 Å². The van der Waals surface area contributed by atoms with E-state index in [9.17, 15) is 0 Å². The first-order chi connectivity index (χ1) is 9.02. The van der Waals surface area contributed by atoms with Crippen molar-refractivity contribution < 1.29 is 0 Å². The molecule has 0 saturated heterocycles. The fraction of sp³-hybridized carbons (Fsp3) is 0.667. The van der Waals surface area contributed by atoms with Crippen LogP contribution in [0.4, 0.5) is 5.69 Å². The zero-order valence-electron chi connectivity index (χ0n) is 13.0. The molecule has 1 saturated carbocycles. The lowest BCUT2D eigenvalue weighted by molar-refractivity contribution is 0.289. The molecule has 1 heteroatoms. The first kappa shape index (κ1) is 14.4. The lowest BCUT2D eigenvalue weighted by Crippen LogP contribution is -2.28. The Morgan fingerprint density at radius 1 is 1.11 bits per heavy atom. The van der Waals surface area contributed by atoms with E-state index in [-0.39, 0.29) is 0 Å². The third kappa shape index (κ3) is 4.56. The Hall–Kier alpha value is -0.980. The topological polar surface area (TPSA) is 12.0 Å². The van der Waals surface area contributed by atoms with Crippen molar-refractivity contribution in [1.82, 2.24) is 0 Å². The van der Waals surface area contributed by atoms with E-state index in [0.29, 0.717) is 6.04 Å². The van der Waals surface area contributed by atoms with Crippen molar-refractivity contribution in [3.63, 3.8) is 0 Å². The van der Waals surface area contributed by atoms with Gasteiger partial charge in [-0.2, -0.15) is 0 Å². The quantitative estimate of drug-likeness (QED) is 0.771. The van der Waals surface area contributed by atoms with Gasteiger partial charge in [-0.3, -0.25) is 0 Å². The van der Waals surface area contributed by atoms with Crippen LogP contribution >= 0.6 is 0 Å². The Labute approximate surface area is 118 Å². The fourth-order valence-electron chi connectivity index (χ4n) is 3.60. The van der Waals surface area contributed by atoms with Gasteiger partial charge in [0.2, 0.25) is 0 Å². The Morgan fingerprint density at radius 2 is 1.79 bits per heavy atom. The average Bonchev–Trinajstić information content (AvgIpc) is 2.26. The summed E-state index contributed by atoms with van der Waals surface area (Å²) in [6, 6.07) is 7.48. The standard InChI is InChI=1S/C18H29N/c1-13(2)8-16-6-5-7-17(12-16)19-18-10-14(3)9-15(4)11-18/h9-11,13,16-17,19H,5-8,12H2,1-4H3. The summed E-state index contributed by atoms with van der Waals surface area (Å²) in [5.74, 6) is 1.77. The van der Waals surface area contributed by atoms with Gasteiger partial charge in [0.25, 0.3) is 0 Å². The fourth-order valence-corrected chi connectivity index (χ4v) is 3.60. The molecule has 106 valence electrons. The molecule has 2 unspecified atom stereocenters. The lowest BCUT2D eigenvalue weighted by atomic mass is 9.81. The number of aryl methyl sites for hydroxylation is 2. The minimum atomic E-state index is 0.679. The van der Waals surface area contributed by atoms with Gasteiger partial charge >= 0.3 is 0 Å². The zero-order valence-corrected chi connectivity index (χ0v) is 13.0. The van der Waals surface area contributed by atoms with E-state index in [0.717, 1.165) is 11.8 Å². The molecule has 1 aliphatic rings. The van der Waals surface area contributed by atoms with Crippen LogP contribution in [0.2, 0.25) is 0 Å². The maximum Gasteiger partial charge on any atom is 0.0347 e. The highest BCUT2D eigenvalue weighted by Crippen LogP contribution is 2.31. The number of anilines is 1. The first-order valence-corrected chi connectivity index (χ1v) is 7.87. The smallest absolute Gasteiger partial charge is 0.0347 e. The van der Waals surface area contributed by atoms with Crippen molar-refractivity contribution >= 4 is 5.69 Å². The molecule has 1 fully saturated rings. The van der Waals surface area contributed by atoms with Gasteiger partial charge < -0.3 is 5.32 Å². The lowest BCUT2D eigenvalue weighted by Gasteiger charge is -2.31. The van der Waals surface area contributed by atoms with Crippen molar-refractivity contribution in [2.24, 2.45) is 11.8 Å². The largest absolute Gasteiger partial charge is 0.382 e. The second-order valence-electron chi connectivity index (χ2n) is 6.88. The minimum absolute atomic E-state index is 0.679. The van der Waals surface area contributed by atoms with Crippen LogP contribution in [0.3, 0.4) is 0 Å². The van der Waals surface area contributed by atoms with Gasteiger partial charge in [0, 0.05) is 11.7 Å². The van der Waals surface area contributed by atoms with E-state index in [2.05, 4.69) is 51.2 Å². The molecule has 2 atom stereocenters. The van der Waals surface area contributed by atoms with Crippen LogP contribution < -0.4 is 5.32 Å². The van der Waals surface area contributed by atoms with E-state index in [4.69, 9.17) is 0 Å². The van der Waals surface area contributed by atoms with Crippen molar-refractivity contribution in [2.45, 2.75) is 65.8 Å². The Morgan fingerprint density at radius 3 is 2.42 bits per heavy atom. The highest BCUT2D eigenvalue weighted by atomic mass is 14.9. The Bertz CT molecular complexity index is 388. The first-order valence-electron chi connectivity index (χ1n) is 7.87. The van der Waals surface area contributed by atoms with Crippen molar-refractivity contribution in [3.8, 4) is 0 Å². The molecule has 1 aliphatic carbocycles.